The number of rotatable bonds is 4. The standard InChI is InChI=1S/C16H24O3/c1-11(13-6-8-14(17)9-7-13)10-12(2)15(18)19-16(3,4)5/h6-9,11-12,17H,10H2,1-5H3. The molecule has 19 heavy (non-hydrogen) atoms. The summed E-state index contributed by atoms with van der Waals surface area (Å²) in [5, 5.41) is 9.26. The fourth-order valence-electron chi connectivity index (χ4n) is 1.97. The van der Waals surface area contributed by atoms with Crippen LogP contribution < -0.4 is 0 Å². The molecule has 1 aromatic carbocycles. The summed E-state index contributed by atoms with van der Waals surface area (Å²) in [6, 6.07) is 7.12. The molecule has 0 fully saturated rings. The Labute approximate surface area is 115 Å². The predicted molar refractivity (Wildman–Crippen MR) is 76.1 cm³/mol. The highest BCUT2D eigenvalue weighted by molar-refractivity contribution is 5.72. The summed E-state index contributed by atoms with van der Waals surface area (Å²) < 4.78 is 5.38. The van der Waals surface area contributed by atoms with E-state index in [0.717, 1.165) is 12.0 Å². The fraction of sp³-hybridized carbons (Fsp3) is 0.562. The third-order valence-electron chi connectivity index (χ3n) is 2.98. The van der Waals surface area contributed by atoms with Crippen molar-refractivity contribution < 1.29 is 14.6 Å². The monoisotopic (exact) mass is 264 g/mol. The molecule has 2 atom stereocenters. The van der Waals surface area contributed by atoms with Gasteiger partial charge in [-0.25, -0.2) is 0 Å². The van der Waals surface area contributed by atoms with Crippen LogP contribution in [0.5, 0.6) is 5.75 Å². The van der Waals surface area contributed by atoms with Crippen molar-refractivity contribution in [1.29, 1.82) is 0 Å². The van der Waals surface area contributed by atoms with Crippen LogP contribution in [0.25, 0.3) is 0 Å². The number of phenols is 1. The van der Waals surface area contributed by atoms with E-state index >= 15 is 0 Å². The summed E-state index contributed by atoms with van der Waals surface area (Å²) in [5.74, 6) is 0.223. The van der Waals surface area contributed by atoms with Gasteiger partial charge in [-0.1, -0.05) is 26.0 Å². The third kappa shape index (κ3) is 5.33. The maximum Gasteiger partial charge on any atom is 0.309 e. The first-order valence-electron chi connectivity index (χ1n) is 6.71. The molecule has 1 rings (SSSR count). The molecule has 0 radical (unpaired) electrons. The number of esters is 1. The van der Waals surface area contributed by atoms with Gasteiger partial charge in [0.1, 0.15) is 11.4 Å². The Kier molecular flexibility index (Phi) is 4.98. The topological polar surface area (TPSA) is 46.5 Å². The highest BCUT2D eigenvalue weighted by atomic mass is 16.6. The first kappa shape index (κ1) is 15.5. The number of ether oxygens (including phenoxy) is 1. The summed E-state index contributed by atoms with van der Waals surface area (Å²) in [7, 11) is 0. The first-order chi connectivity index (χ1) is 8.69. The number of aromatic hydroxyl groups is 1. The van der Waals surface area contributed by atoms with Crippen molar-refractivity contribution in [3.63, 3.8) is 0 Å². The lowest BCUT2D eigenvalue weighted by atomic mass is 9.91. The summed E-state index contributed by atoms with van der Waals surface area (Å²) in [6.45, 7) is 9.60. The minimum Gasteiger partial charge on any atom is -0.508 e. The van der Waals surface area contributed by atoms with Gasteiger partial charge in [-0.15, -0.1) is 0 Å². The van der Waals surface area contributed by atoms with Crippen molar-refractivity contribution in [3.8, 4) is 5.75 Å². The van der Waals surface area contributed by atoms with Crippen LogP contribution >= 0.6 is 0 Å². The van der Waals surface area contributed by atoms with E-state index in [0.29, 0.717) is 0 Å². The molecule has 1 aromatic rings. The predicted octanol–water partition coefficient (Wildman–Crippen LogP) is 3.86. The van der Waals surface area contributed by atoms with Gasteiger partial charge in [0.15, 0.2) is 0 Å². The number of carbonyl (C=O) groups excluding carboxylic acids is 1. The molecular formula is C16H24O3. The Morgan fingerprint density at radius 3 is 2.21 bits per heavy atom. The van der Waals surface area contributed by atoms with E-state index in [1.54, 1.807) is 12.1 Å². The highest BCUT2D eigenvalue weighted by Gasteiger charge is 2.23. The Bertz CT molecular complexity index is 415. The van der Waals surface area contributed by atoms with Gasteiger partial charge < -0.3 is 9.84 Å². The second-order valence-corrected chi connectivity index (χ2v) is 6.16. The zero-order valence-electron chi connectivity index (χ0n) is 12.4. The van der Waals surface area contributed by atoms with Gasteiger partial charge in [0.05, 0.1) is 5.92 Å². The SMILES string of the molecule is CC(CC(C)c1ccc(O)cc1)C(=O)OC(C)(C)C. The van der Waals surface area contributed by atoms with Gasteiger partial charge in [0.25, 0.3) is 0 Å². The maximum absolute atomic E-state index is 11.9. The molecule has 0 saturated heterocycles. The average Bonchev–Trinajstić information content (AvgIpc) is 2.27. The second kappa shape index (κ2) is 6.09. The Morgan fingerprint density at radius 2 is 1.74 bits per heavy atom. The van der Waals surface area contributed by atoms with Crippen LogP contribution in [0.1, 0.15) is 52.5 Å². The quantitative estimate of drug-likeness (QED) is 0.840. The van der Waals surface area contributed by atoms with Crippen molar-refractivity contribution in [2.75, 3.05) is 0 Å². The summed E-state index contributed by atoms with van der Waals surface area (Å²) >= 11 is 0. The lowest BCUT2D eigenvalue weighted by Crippen LogP contribution is -2.28. The largest absolute Gasteiger partial charge is 0.508 e. The van der Waals surface area contributed by atoms with Gasteiger partial charge in [-0.3, -0.25) is 4.79 Å². The summed E-state index contributed by atoms with van der Waals surface area (Å²) in [5.41, 5.74) is 0.681. The van der Waals surface area contributed by atoms with Crippen LogP contribution in [0.3, 0.4) is 0 Å². The van der Waals surface area contributed by atoms with Gasteiger partial charge >= 0.3 is 5.97 Å². The molecule has 3 heteroatoms. The van der Waals surface area contributed by atoms with Crippen LogP contribution in [-0.4, -0.2) is 16.7 Å². The molecule has 0 spiro atoms. The number of carbonyl (C=O) groups is 1. The molecule has 0 saturated carbocycles. The van der Waals surface area contributed by atoms with E-state index in [4.69, 9.17) is 4.74 Å². The van der Waals surface area contributed by atoms with E-state index in [1.807, 2.05) is 39.8 Å². The van der Waals surface area contributed by atoms with Crippen molar-refractivity contribution in [2.45, 2.75) is 52.6 Å². The molecule has 106 valence electrons. The number of hydrogen-bond acceptors (Lipinski definition) is 3. The molecule has 0 heterocycles. The third-order valence-corrected chi connectivity index (χ3v) is 2.98. The van der Waals surface area contributed by atoms with E-state index in [1.165, 1.54) is 0 Å². The van der Waals surface area contributed by atoms with E-state index < -0.39 is 5.60 Å². The van der Waals surface area contributed by atoms with Crippen LogP contribution in [0.15, 0.2) is 24.3 Å². The average molecular weight is 264 g/mol. The maximum atomic E-state index is 11.9. The van der Waals surface area contributed by atoms with Gasteiger partial charge in [-0.05, 0) is 50.8 Å². The zero-order valence-corrected chi connectivity index (χ0v) is 12.4. The van der Waals surface area contributed by atoms with Crippen LogP contribution in [0, 0.1) is 5.92 Å². The Balaban J connectivity index is 2.59. The minimum absolute atomic E-state index is 0.136. The lowest BCUT2D eigenvalue weighted by molar-refractivity contribution is -0.159. The van der Waals surface area contributed by atoms with E-state index in [9.17, 15) is 9.90 Å². The molecule has 0 aliphatic rings. The molecule has 1 N–H and O–H groups in total. The Hall–Kier alpha value is -1.51. The molecule has 3 nitrogen and oxygen atoms in total. The molecule has 0 aliphatic heterocycles. The van der Waals surface area contributed by atoms with Gasteiger partial charge in [0, 0.05) is 0 Å². The summed E-state index contributed by atoms with van der Waals surface area (Å²) in [6.07, 6.45) is 0.736. The fourth-order valence-corrected chi connectivity index (χ4v) is 1.97. The highest BCUT2D eigenvalue weighted by Crippen LogP contribution is 2.26. The molecule has 0 aromatic heterocycles. The lowest BCUT2D eigenvalue weighted by Gasteiger charge is -2.23. The van der Waals surface area contributed by atoms with Gasteiger partial charge in [-0.2, -0.15) is 0 Å². The van der Waals surface area contributed by atoms with Crippen LogP contribution in [0.2, 0.25) is 0 Å². The van der Waals surface area contributed by atoms with Gasteiger partial charge in [0.2, 0.25) is 0 Å². The molecule has 0 amide bonds. The second-order valence-electron chi connectivity index (χ2n) is 6.16. The molecule has 0 bridgehead atoms. The van der Waals surface area contributed by atoms with Crippen molar-refractivity contribution >= 4 is 5.97 Å². The number of hydrogen-bond donors (Lipinski definition) is 1. The van der Waals surface area contributed by atoms with Crippen molar-refractivity contribution in [1.82, 2.24) is 0 Å². The molecular weight excluding hydrogens is 240 g/mol. The molecule has 0 aliphatic carbocycles. The molecule has 2 unspecified atom stereocenters. The Morgan fingerprint density at radius 1 is 1.21 bits per heavy atom. The van der Waals surface area contributed by atoms with Crippen molar-refractivity contribution in [2.24, 2.45) is 5.92 Å². The van der Waals surface area contributed by atoms with E-state index in [2.05, 4.69) is 6.92 Å². The summed E-state index contributed by atoms with van der Waals surface area (Å²) in [4.78, 5) is 11.9. The van der Waals surface area contributed by atoms with Crippen LogP contribution in [0.4, 0.5) is 0 Å². The smallest absolute Gasteiger partial charge is 0.309 e. The van der Waals surface area contributed by atoms with Crippen molar-refractivity contribution in [3.05, 3.63) is 29.8 Å². The minimum atomic E-state index is -0.437. The first-order valence-corrected chi connectivity index (χ1v) is 6.71. The normalized spacial score (nSPS) is 14.8. The number of benzene rings is 1. The number of phenolic OH excluding ortho intramolecular Hbond substituents is 1. The zero-order chi connectivity index (χ0) is 14.6. The van der Waals surface area contributed by atoms with Crippen LogP contribution in [-0.2, 0) is 9.53 Å². The van der Waals surface area contributed by atoms with E-state index in [-0.39, 0.29) is 23.6 Å².